The number of aromatic amines is 2. The number of benzene rings is 1. The predicted octanol–water partition coefficient (Wildman–Crippen LogP) is 1.53. The molecule has 0 bridgehead atoms. The number of hydrogen-bond donors (Lipinski definition) is 3. The average Bonchev–Trinajstić information content (AvgIpc) is 3.10. The third-order valence-electron chi connectivity index (χ3n) is 4.84. The number of fused-ring (bicyclic) bond motifs is 1. The summed E-state index contributed by atoms with van der Waals surface area (Å²) in [6.45, 7) is 6.71. The van der Waals surface area contributed by atoms with Gasteiger partial charge in [0.25, 0.3) is 5.91 Å². The van der Waals surface area contributed by atoms with E-state index in [0.717, 1.165) is 11.3 Å². The Morgan fingerprint density at radius 3 is 2.63 bits per heavy atom. The molecule has 1 aliphatic heterocycles. The number of anilines is 1. The van der Waals surface area contributed by atoms with Gasteiger partial charge < -0.3 is 15.1 Å². The molecule has 3 rings (SSSR count). The van der Waals surface area contributed by atoms with Gasteiger partial charge >= 0.3 is 5.69 Å². The fourth-order valence-corrected chi connectivity index (χ4v) is 3.46. The van der Waals surface area contributed by atoms with Crippen LogP contribution in [0.1, 0.15) is 42.9 Å². The van der Waals surface area contributed by atoms with Gasteiger partial charge in [-0.1, -0.05) is 32.0 Å². The predicted molar refractivity (Wildman–Crippen MR) is 117 cm³/mol. The molecule has 1 aliphatic rings. The van der Waals surface area contributed by atoms with Crippen molar-refractivity contribution < 1.29 is 9.59 Å². The third kappa shape index (κ3) is 5.93. The maximum Gasteiger partial charge on any atom is 0.341 e. The van der Waals surface area contributed by atoms with E-state index < -0.39 is 5.69 Å². The summed E-state index contributed by atoms with van der Waals surface area (Å²) in [6, 6.07) is 7.91. The number of carbonyl (C=O) groups is 2. The molecule has 0 aliphatic carbocycles. The quantitative estimate of drug-likeness (QED) is 0.675. The third-order valence-corrected chi connectivity index (χ3v) is 4.84. The minimum absolute atomic E-state index is 0. The number of nitrogens with zero attached hydrogens (tertiary/aromatic N) is 3. The van der Waals surface area contributed by atoms with E-state index in [-0.39, 0.29) is 36.0 Å². The Kier molecular flexibility index (Phi) is 8.61. The Balaban J connectivity index is 0.00000320. The van der Waals surface area contributed by atoms with Crippen molar-refractivity contribution in [3.05, 3.63) is 46.1 Å². The number of carbonyl (C=O) groups excluding carboxylic acids is 2. The van der Waals surface area contributed by atoms with Gasteiger partial charge in [0, 0.05) is 44.8 Å². The van der Waals surface area contributed by atoms with Gasteiger partial charge in [0.15, 0.2) is 0 Å². The first-order chi connectivity index (χ1) is 14.0. The molecule has 2 amide bonds. The molecule has 10 heteroatoms. The van der Waals surface area contributed by atoms with E-state index in [4.69, 9.17) is 0 Å². The number of rotatable bonds is 3. The number of aromatic nitrogens is 3. The number of hydrogen-bond acceptors (Lipinski definition) is 5. The molecule has 2 heterocycles. The standard InChI is InChI=1S/C20H28N6O3.ClH/c1-14(2)12-17(27)26-10-5-9-25(19(28)18-22-20(29)24-23-18)11-8-21-13-15-6-3-4-7-16(15)26;/h3-4,6-7,14,21H,5,8-13H2,1-2H3,(H2,22,23,24,29);1H. The lowest BCUT2D eigenvalue weighted by Crippen LogP contribution is -2.39. The average molecular weight is 437 g/mol. The molecule has 1 aromatic heterocycles. The van der Waals surface area contributed by atoms with Gasteiger partial charge in [0.2, 0.25) is 11.7 Å². The molecule has 0 fully saturated rings. The van der Waals surface area contributed by atoms with Crippen molar-refractivity contribution in [2.45, 2.75) is 33.2 Å². The number of nitrogens with one attached hydrogen (secondary N) is 3. The van der Waals surface area contributed by atoms with Gasteiger partial charge in [-0.25, -0.2) is 9.89 Å². The Hall–Kier alpha value is -2.65. The molecule has 2 aromatic rings. The van der Waals surface area contributed by atoms with E-state index in [1.165, 1.54) is 0 Å². The van der Waals surface area contributed by atoms with Crippen LogP contribution in [-0.2, 0) is 11.3 Å². The zero-order valence-corrected chi connectivity index (χ0v) is 18.1. The van der Waals surface area contributed by atoms with Crippen LogP contribution < -0.4 is 15.9 Å². The van der Waals surface area contributed by atoms with Crippen molar-refractivity contribution in [1.29, 1.82) is 0 Å². The smallest absolute Gasteiger partial charge is 0.335 e. The first kappa shape index (κ1) is 23.6. The SMILES string of the molecule is CC(C)CC(=O)N1CCCN(C(=O)c2n[nH]c(=O)[nH]2)CCNCc2ccccc21.Cl. The number of amides is 2. The highest BCUT2D eigenvalue weighted by Gasteiger charge is 2.23. The fourth-order valence-electron chi connectivity index (χ4n) is 3.46. The van der Waals surface area contributed by atoms with E-state index in [1.54, 1.807) is 4.90 Å². The molecule has 0 atom stereocenters. The van der Waals surface area contributed by atoms with Crippen molar-refractivity contribution in [2.75, 3.05) is 31.1 Å². The fraction of sp³-hybridized carbons (Fsp3) is 0.500. The molecule has 0 saturated carbocycles. The summed E-state index contributed by atoms with van der Waals surface area (Å²) in [7, 11) is 0. The van der Waals surface area contributed by atoms with Gasteiger partial charge in [-0.05, 0) is 24.0 Å². The molecule has 0 unspecified atom stereocenters. The molecule has 0 saturated heterocycles. The van der Waals surface area contributed by atoms with E-state index >= 15 is 0 Å². The van der Waals surface area contributed by atoms with E-state index in [2.05, 4.69) is 20.5 Å². The van der Waals surface area contributed by atoms with Crippen LogP contribution in [0.5, 0.6) is 0 Å². The second-order valence-corrected chi connectivity index (χ2v) is 7.62. The topological polar surface area (TPSA) is 114 Å². The maximum atomic E-state index is 12.9. The number of para-hydroxylation sites is 1. The normalized spacial score (nSPS) is 15.2. The first-order valence-electron chi connectivity index (χ1n) is 9.98. The highest BCUT2D eigenvalue weighted by atomic mass is 35.5. The van der Waals surface area contributed by atoms with Crippen LogP contribution in [0.3, 0.4) is 0 Å². The van der Waals surface area contributed by atoms with Crippen LogP contribution in [-0.4, -0.2) is 58.1 Å². The molecule has 30 heavy (non-hydrogen) atoms. The molecule has 0 spiro atoms. The van der Waals surface area contributed by atoms with Gasteiger partial charge in [-0.3, -0.25) is 14.6 Å². The summed E-state index contributed by atoms with van der Waals surface area (Å²) in [5.41, 5.74) is 1.47. The second-order valence-electron chi connectivity index (χ2n) is 7.62. The minimum atomic E-state index is -0.509. The summed E-state index contributed by atoms with van der Waals surface area (Å²) >= 11 is 0. The molecule has 1 aromatic carbocycles. The maximum absolute atomic E-state index is 12.9. The zero-order chi connectivity index (χ0) is 20.8. The van der Waals surface area contributed by atoms with Gasteiger partial charge in [0.05, 0.1) is 0 Å². The summed E-state index contributed by atoms with van der Waals surface area (Å²) < 4.78 is 0. The van der Waals surface area contributed by atoms with Crippen molar-refractivity contribution in [3.8, 4) is 0 Å². The van der Waals surface area contributed by atoms with Gasteiger partial charge in [-0.15, -0.1) is 17.5 Å². The summed E-state index contributed by atoms with van der Waals surface area (Å²) in [4.78, 5) is 42.8. The lowest BCUT2D eigenvalue weighted by molar-refractivity contribution is -0.119. The lowest BCUT2D eigenvalue weighted by Gasteiger charge is -2.27. The van der Waals surface area contributed by atoms with Crippen LogP contribution in [0.2, 0.25) is 0 Å². The summed E-state index contributed by atoms with van der Waals surface area (Å²) in [6.07, 6.45) is 1.09. The molecular weight excluding hydrogens is 408 g/mol. The van der Waals surface area contributed by atoms with Crippen LogP contribution in [0.15, 0.2) is 29.1 Å². The van der Waals surface area contributed by atoms with Crippen LogP contribution in [0, 0.1) is 5.92 Å². The van der Waals surface area contributed by atoms with E-state index in [0.29, 0.717) is 45.6 Å². The van der Waals surface area contributed by atoms with E-state index in [9.17, 15) is 14.4 Å². The van der Waals surface area contributed by atoms with Crippen LogP contribution in [0.4, 0.5) is 5.69 Å². The number of halogens is 1. The lowest BCUT2D eigenvalue weighted by atomic mass is 10.1. The first-order valence-corrected chi connectivity index (χ1v) is 9.98. The summed E-state index contributed by atoms with van der Waals surface area (Å²) in [5, 5.41) is 9.32. The summed E-state index contributed by atoms with van der Waals surface area (Å²) in [5.74, 6) is 0.0182. The van der Waals surface area contributed by atoms with Crippen molar-refractivity contribution in [3.63, 3.8) is 0 Å². The molecule has 164 valence electrons. The van der Waals surface area contributed by atoms with Crippen molar-refractivity contribution in [2.24, 2.45) is 5.92 Å². The van der Waals surface area contributed by atoms with E-state index in [1.807, 2.05) is 43.0 Å². The largest absolute Gasteiger partial charge is 0.341 e. The van der Waals surface area contributed by atoms with Crippen molar-refractivity contribution in [1.82, 2.24) is 25.4 Å². The van der Waals surface area contributed by atoms with Gasteiger partial charge in [-0.2, -0.15) is 0 Å². The Bertz CT molecular complexity index is 910. The molecule has 3 N–H and O–H groups in total. The number of H-pyrrole nitrogens is 2. The Labute approximate surface area is 181 Å². The second kappa shape index (κ2) is 10.9. The van der Waals surface area contributed by atoms with Gasteiger partial charge in [0.1, 0.15) is 0 Å². The highest BCUT2D eigenvalue weighted by Crippen LogP contribution is 2.23. The minimum Gasteiger partial charge on any atom is -0.335 e. The Morgan fingerprint density at radius 1 is 1.17 bits per heavy atom. The highest BCUT2D eigenvalue weighted by molar-refractivity contribution is 5.94. The molecular formula is C20H29ClN6O3. The Morgan fingerprint density at radius 2 is 1.93 bits per heavy atom. The molecule has 9 nitrogen and oxygen atoms in total. The van der Waals surface area contributed by atoms with Crippen LogP contribution >= 0.6 is 12.4 Å². The zero-order valence-electron chi connectivity index (χ0n) is 17.3. The molecule has 0 radical (unpaired) electrons. The van der Waals surface area contributed by atoms with Crippen molar-refractivity contribution >= 4 is 29.9 Å². The van der Waals surface area contributed by atoms with Crippen LogP contribution in [0.25, 0.3) is 0 Å². The monoisotopic (exact) mass is 436 g/mol.